The van der Waals surface area contributed by atoms with Gasteiger partial charge in [0.15, 0.2) is 0 Å². The molecule has 0 heterocycles. The summed E-state index contributed by atoms with van der Waals surface area (Å²) < 4.78 is 15.6. The van der Waals surface area contributed by atoms with Crippen molar-refractivity contribution >= 4 is 11.6 Å². The molecule has 0 spiro atoms. The van der Waals surface area contributed by atoms with E-state index in [0.29, 0.717) is 33.0 Å². The highest BCUT2D eigenvalue weighted by Gasteiger charge is 2.07. The van der Waals surface area contributed by atoms with E-state index in [4.69, 9.17) is 25.8 Å². The Morgan fingerprint density at radius 3 is 2.40 bits per heavy atom. The third-order valence-corrected chi connectivity index (χ3v) is 3.22. The van der Waals surface area contributed by atoms with E-state index >= 15 is 0 Å². The van der Waals surface area contributed by atoms with Gasteiger partial charge in [-0.05, 0) is 18.6 Å². The predicted octanol–water partition coefficient (Wildman–Crippen LogP) is 2.67. The third-order valence-electron chi connectivity index (χ3n) is 2.87. The maximum atomic E-state index is 6.14. The van der Waals surface area contributed by atoms with E-state index in [0.717, 1.165) is 17.1 Å². The molecule has 0 fully saturated rings. The second kappa shape index (κ2) is 11.1. The summed E-state index contributed by atoms with van der Waals surface area (Å²) in [6, 6.07) is 8.08. The highest BCUT2D eigenvalue weighted by atomic mass is 35.5. The normalized spacial score (nSPS) is 12.6. The summed E-state index contributed by atoms with van der Waals surface area (Å²) in [6.07, 6.45) is 0. The summed E-state index contributed by atoms with van der Waals surface area (Å²) in [5.74, 6) is 0. The number of benzene rings is 1. The fraction of sp³-hybridized carbons (Fsp3) is 0.600. The fourth-order valence-electron chi connectivity index (χ4n) is 1.75. The van der Waals surface area contributed by atoms with E-state index in [1.165, 1.54) is 0 Å². The van der Waals surface area contributed by atoms with Crippen molar-refractivity contribution in [1.29, 1.82) is 0 Å². The van der Waals surface area contributed by atoms with Crippen LogP contribution in [0.2, 0.25) is 5.02 Å². The molecule has 0 radical (unpaired) electrons. The molecule has 0 saturated heterocycles. The molecule has 4 nitrogen and oxygen atoms in total. The Bertz CT molecular complexity index is 363. The van der Waals surface area contributed by atoms with Crippen LogP contribution in [-0.2, 0) is 14.2 Å². The van der Waals surface area contributed by atoms with Crippen LogP contribution in [0, 0.1) is 0 Å². The molecule has 0 amide bonds. The van der Waals surface area contributed by atoms with Crippen LogP contribution in [0.5, 0.6) is 0 Å². The highest BCUT2D eigenvalue weighted by Crippen LogP contribution is 2.21. The summed E-state index contributed by atoms with van der Waals surface area (Å²) >= 11 is 6.14. The predicted molar refractivity (Wildman–Crippen MR) is 81.4 cm³/mol. The molecule has 0 unspecified atom stereocenters. The lowest BCUT2D eigenvalue weighted by Gasteiger charge is -2.15. The number of rotatable bonds is 11. The standard InChI is InChI=1S/C15H24ClNO3/c1-13(14-5-3-4-6-15(14)16)17-7-8-19-11-12-20-10-9-18-2/h3-6,13,17H,7-12H2,1-2H3/t13-/m0/s1. The molecule has 1 rings (SSSR count). The molecule has 0 aliphatic heterocycles. The minimum absolute atomic E-state index is 0.213. The van der Waals surface area contributed by atoms with Crippen molar-refractivity contribution in [3.63, 3.8) is 0 Å². The lowest BCUT2D eigenvalue weighted by atomic mass is 10.1. The summed E-state index contributed by atoms with van der Waals surface area (Å²) in [4.78, 5) is 0. The van der Waals surface area contributed by atoms with Gasteiger partial charge in [-0.3, -0.25) is 0 Å². The molecule has 0 bridgehead atoms. The van der Waals surface area contributed by atoms with E-state index in [2.05, 4.69) is 12.2 Å². The molecule has 0 aliphatic carbocycles. The van der Waals surface area contributed by atoms with Crippen molar-refractivity contribution in [2.45, 2.75) is 13.0 Å². The largest absolute Gasteiger partial charge is 0.382 e. The molecular weight excluding hydrogens is 278 g/mol. The number of ether oxygens (including phenoxy) is 3. The number of nitrogens with one attached hydrogen (secondary N) is 1. The van der Waals surface area contributed by atoms with Gasteiger partial charge in [-0.15, -0.1) is 0 Å². The van der Waals surface area contributed by atoms with Crippen molar-refractivity contribution in [1.82, 2.24) is 5.32 Å². The molecule has 5 heteroatoms. The second-order valence-electron chi connectivity index (χ2n) is 4.41. The number of hydrogen-bond donors (Lipinski definition) is 1. The minimum atomic E-state index is 0.213. The first kappa shape index (κ1) is 17.4. The van der Waals surface area contributed by atoms with Crippen LogP contribution in [0.15, 0.2) is 24.3 Å². The van der Waals surface area contributed by atoms with Crippen molar-refractivity contribution < 1.29 is 14.2 Å². The quantitative estimate of drug-likeness (QED) is 0.638. The van der Waals surface area contributed by atoms with Crippen LogP contribution in [0.1, 0.15) is 18.5 Å². The van der Waals surface area contributed by atoms with Crippen LogP contribution in [0.25, 0.3) is 0 Å². The molecular formula is C15H24ClNO3. The first-order chi connectivity index (χ1) is 9.75. The van der Waals surface area contributed by atoms with Gasteiger partial charge in [0, 0.05) is 24.7 Å². The SMILES string of the molecule is COCCOCCOCCN[C@@H](C)c1ccccc1Cl. The van der Waals surface area contributed by atoms with Gasteiger partial charge in [-0.1, -0.05) is 29.8 Å². The smallest absolute Gasteiger partial charge is 0.0701 e. The van der Waals surface area contributed by atoms with Crippen LogP contribution >= 0.6 is 11.6 Å². The molecule has 0 aliphatic rings. The van der Waals surface area contributed by atoms with Gasteiger partial charge >= 0.3 is 0 Å². The van der Waals surface area contributed by atoms with Gasteiger partial charge in [0.2, 0.25) is 0 Å². The maximum Gasteiger partial charge on any atom is 0.0701 e. The summed E-state index contributed by atoms with van der Waals surface area (Å²) in [7, 11) is 1.66. The number of halogens is 1. The van der Waals surface area contributed by atoms with Crippen molar-refractivity contribution in [2.75, 3.05) is 46.7 Å². The number of methoxy groups -OCH3 is 1. The van der Waals surface area contributed by atoms with Crippen LogP contribution < -0.4 is 5.32 Å². The third kappa shape index (κ3) is 7.22. The zero-order valence-corrected chi connectivity index (χ0v) is 13.0. The Labute approximate surface area is 126 Å². The van der Waals surface area contributed by atoms with Crippen molar-refractivity contribution in [2.24, 2.45) is 0 Å². The van der Waals surface area contributed by atoms with Gasteiger partial charge in [-0.25, -0.2) is 0 Å². The highest BCUT2D eigenvalue weighted by molar-refractivity contribution is 6.31. The first-order valence-electron chi connectivity index (χ1n) is 6.88. The van der Waals surface area contributed by atoms with Gasteiger partial charge in [0.25, 0.3) is 0 Å². The number of hydrogen-bond acceptors (Lipinski definition) is 4. The van der Waals surface area contributed by atoms with Gasteiger partial charge in [0.05, 0.1) is 33.0 Å². The molecule has 1 aromatic rings. The monoisotopic (exact) mass is 301 g/mol. The van der Waals surface area contributed by atoms with E-state index in [9.17, 15) is 0 Å². The van der Waals surface area contributed by atoms with Crippen molar-refractivity contribution in [3.8, 4) is 0 Å². The Morgan fingerprint density at radius 1 is 1.05 bits per heavy atom. The molecule has 114 valence electrons. The lowest BCUT2D eigenvalue weighted by Crippen LogP contribution is -2.24. The minimum Gasteiger partial charge on any atom is -0.382 e. The van der Waals surface area contributed by atoms with Crippen LogP contribution in [0.3, 0.4) is 0 Å². The zero-order chi connectivity index (χ0) is 14.6. The molecule has 1 N–H and O–H groups in total. The summed E-state index contributed by atoms with van der Waals surface area (Å²) in [5.41, 5.74) is 1.11. The van der Waals surface area contributed by atoms with E-state index in [1.54, 1.807) is 7.11 Å². The van der Waals surface area contributed by atoms with E-state index < -0.39 is 0 Å². The summed E-state index contributed by atoms with van der Waals surface area (Å²) in [5, 5.41) is 4.17. The Hall–Kier alpha value is -0.650. The van der Waals surface area contributed by atoms with Gasteiger partial charge < -0.3 is 19.5 Å². The average Bonchev–Trinajstić information content (AvgIpc) is 2.46. The fourth-order valence-corrected chi connectivity index (χ4v) is 2.05. The Morgan fingerprint density at radius 2 is 1.70 bits per heavy atom. The average molecular weight is 302 g/mol. The van der Waals surface area contributed by atoms with Gasteiger partial charge in [0.1, 0.15) is 0 Å². The Kier molecular flexibility index (Phi) is 9.62. The molecule has 1 aromatic carbocycles. The molecule has 0 aromatic heterocycles. The molecule has 20 heavy (non-hydrogen) atoms. The topological polar surface area (TPSA) is 39.7 Å². The summed E-state index contributed by atoms with van der Waals surface area (Å²) in [6.45, 7) is 5.97. The Balaban J connectivity index is 2.03. The lowest BCUT2D eigenvalue weighted by molar-refractivity contribution is 0.0253. The van der Waals surface area contributed by atoms with Gasteiger partial charge in [-0.2, -0.15) is 0 Å². The first-order valence-corrected chi connectivity index (χ1v) is 7.25. The maximum absolute atomic E-state index is 6.14. The van der Waals surface area contributed by atoms with Crippen LogP contribution in [-0.4, -0.2) is 46.7 Å². The van der Waals surface area contributed by atoms with E-state index in [-0.39, 0.29) is 6.04 Å². The molecule has 0 saturated carbocycles. The zero-order valence-electron chi connectivity index (χ0n) is 12.2. The van der Waals surface area contributed by atoms with E-state index in [1.807, 2.05) is 24.3 Å². The van der Waals surface area contributed by atoms with Crippen molar-refractivity contribution in [3.05, 3.63) is 34.9 Å². The van der Waals surface area contributed by atoms with Crippen LogP contribution in [0.4, 0.5) is 0 Å². The second-order valence-corrected chi connectivity index (χ2v) is 4.82. The molecule has 1 atom stereocenters.